The van der Waals surface area contributed by atoms with Crippen LogP contribution in [0.25, 0.3) is 11.1 Å². The molecule has 0 atom stereocenters. The number of ether oxygens (including phenoxy) is 3. The summed E-state index contributed by atoms with van der Waals surface area (Å²) >= 11 is 3.43. The number of hydrogen-bond donors (Lipinski definition) is 0. The molecular weight excluding hydrogens is 368 g/mol. The Bertz CT molecular complexity index is 811. The quantitative estimate of drug-likeness (QED) is 0.545. The Morgan fingerprint density at radius 3 is 1.88 bits per heavy atom. The van der Waals surface area contributed by atoms with Crippen LogP contribution >= 0.6 is 15.9 Å². The van der Waals surface area contributed by atoms with Gasteiger partial charge in [-0.15, -0.1) is 0 Å². The molecule has 3 aromatic carbocycles. The molecule has 0 saturated heterocycles. The Morgan fingerprint density at radius 1 is 0.667 bits per heavy atom. The summed E-state index contributed by atoms with van der Waals surface area (Å²) in [6.45, 7) is 0. The molecule has 0 heterocycles. The molecule has 0 aromatic heterocycles. The minimum absolute atomic E-state index is 0.767. The lowest BCUT2D eigenvalue weighted by molar-refractivity contribution is 0.413. The molecule has 3 rings (SSSR count). The minimum Gasteiger partial charge on any atom is -0.497 e. The first-order chi connectivity index (χ1) is 11.7. The molecule has 0 aliphatic carbocycles. The van der Waals surface area contributed by atoms with Gasteiger partial charge in [-0.25, -0.2) is 0 Å². The highest BCUT2D eigenvalue weighted by Crippen LogP contribution is 2.37. The van der Waals surface area contributed by atoms with Gasteiger partial charge in [-0.3, -0.25) is 0 Å². The number of hydrogen-bond acceptors (Lipinski definition) is 3. The van der Waals surface area contributed by atoms with Crippen molar-refractivity contribution >= 4 is 15.9 Å². The lowest BCUT2D eigenvalue weighted by atomic mass is 10.0. The van der Waals surface area contributed by atoms with E-state index in [1.807, 2.05) is 66.7 Å². The van der Waals surface area contributed by atoms with Crippen LogP contribution in [-0.4, -0.2) is 14.2 Å². The Hall–Kier alpha value is -2.46. The Morgan fingerprint density at radius 2 is 1.25 bits per heavy atom. The van der Waals surface area contributed by atoms with Gasteiger partial charge in [0.2, 0.25) is 0 Å². The second-order valence-electron chi connectivity index (χ2n) is 5.15. The first-order valence-corrected chi connectivity index (χ1v) is 8.25. The highest BCUT2D eigenvalue weighted by atomic mass is 79.9. The van der Waals surface area contributed by atoms with Crippen LogP contribution < -0.4 is 14.2 Å². The van der Waals surface area contributed by atoms with E-state index in [1.165, 1.54) is 0 Å². The van der Waals surface area contributed by atoms with Crippen LogP contribution in [0.4, 0.5) is 0 Å². The van der Waals surface area contributed by atoms with Gasteiger partial charge < -0.3 is 14.2 Å². The van der Waals surface area contributed by atoms with E-state index in [9.17, 15) is 0 Å². The normalized spacial score (nSPS) is 10.3. The summed E-state index contributed by atoms with van der Waals surface area (Å²) in [5, 5.41) is 0. The third kappa shape index (κ3) is 3.71. The van der Waals surface area contributed by atoms with Crippen molar-refractivity contribution in [2.75, 3.05) is 14.2 Å². The molecule has 0 N–H and O–H groups in total. The van der Waals surface area contributed by atoms with Crippen LogP contribution in [0.2, 0.25) is 0 Å². The monoisotopic (exact) mass is 384 g/mol. The van der Waals surface area contributed by atoms with Crippen molar-refractivity contribution in [3.05, 3.63) is 71.2 Å². The maximum Gasteiger partial charge on any atom is 0.135 e. The fraction of sp³-hybridized carbons (Fsp3) is 0.100. The number of halogens is 1. The van der Waals surface area contributed by atoms with E-state index in [2.05, 4.69) is 15.9 Å². The van der Waals surface area contributed by atoms with Crippen LogP contribution in [0.5, 0.6) is 23.0 Å². The summed E-state index contributed by atoms with van der Waals surface area (Å²) < 4.78 is 17.7. The fourth-order valence-corrected chi connectivity index (χ4v) is 2.62. The van der Waals surface area contributed by atoms with E-state index in [1.54, 1.807) is 14.2 Å². The molecule has 0 aliphatic rings. The van der Waals surface area contributed by atoms with E-state index >= 15 is 0 Å². The standard InChI is InChI=1S/C20H17BrO3/c1-22-16-7-3-14(4-8-16)19-13-18(23-2)11-12-20(19)24-17-9-5-15(21)6-10-17/h3-13H,1-2H3. The van der Waals surface area contributed by atoms with Crippen molar-refractivity contribution in [1.29, 1.82) is 0 Å². The molecule has 0 aliphatic heterocycles. The highest BCUT2D eigenvalue weighted by Gasteiger charge is 2.10. The van der Waals surface area contributed by atoms with Gasteiger partial charge in [0.15, 0.2) is 0 Å². The van der Waals surface area contributed by atoms with Crippen molar-refractivity contribution in [2.45, 2.75) is 0 Å². The second kappa shape index (κ2) is 7.41. The minimum atomic E-state index is 0.767. The van der Waals surface area contributed by atoms with Crippen molar-refractivity contribution in [3.8, 4) is 34.1 Å². The summed E-state index contributed by atoms with van der Waals surface area (Å²) in [6, 6.07) is 21.4. The molecule has 0 saturated carbocycles. The zero-order chi connectivity index (χ0) is 16.9. The van der Waals surface area contributed by atoms with Gasteiger partial charge in [0, 0.05) is 10.0 Å². The second-order valence-corrected chi connectivity index (χ2v) is 6.06. The summed E-state index contributed by atoms with van der Waals surface area (Å²) in [5.74, 6) is 3.14. The Balaban J connectivity index is 2.00. The summed E-state index contributed by atoms with van der Waals surface area (Å²) in [4.78, 5) is 0. The van der Waals surface area contributed by atoms with Crippen molar-refractivity contribution in [3.63, 3.8) is 0 Å². The summed E-state index contributed by atoms with van der Waals surface area (Å²) in [6.07, 6.45) is 0. The van der Waals surface area contributed by atoms with Crippen molar-refractivity contribution in [1.82, 2.24) is 0 Å². The number of benzene rings is 3. The van der Waals surface area contributed by atoms with Crippen LogP contribution in [0.3, 0.4) is 0 Å². The summed E-state index contributed by atoms with van der Waals surface area (Å²) in [7, 11) is 3.31. The SMILES string of the molecule is COc1ccc(-c2cc(OC)ccc2Oc2ccc(Br)cc2)cc1. The zero-order valence-corrected chi connectivity index (χ0v) is 15.0. The van der Waals surface area contributed by atoms with Gasteiger partial charge in [-0.1, -0.05) is 28.1 Å². The Labute approximate surface area is 149 Å². The third-order valence-electron chi connectivity index (χ3n) is 3.63. The molecule has 0 amide bonds. The van der Waals surface area contributed by atoms with Crippen molar-refractivity contribution < 1.29 is 14.2 Å². The van der Waals surface area contributed by atoms with Crippen molar-refractivity contribution in [2.24, 2.45) is 0 Å². The number of methoxy groups -OCH3 is 2. The van der Waals surface area contributed by atoms with Gasteiger partial charge in [0.1, 0.15) is 23.0 Å². The lowest BCUT2D eigenvalue weighted by Gasteiger charge is -2.13. The molecule has 0 spiro atoms. The Kier molecular flexibility index (Phi) is 5.06. The molecule has 24 heavy (non-hydrogen) atoms. The van der Waals surface area contributed by atoms with Gasteiger partial charge in [-0.05, 0) is 60.2 Å². The first kappa shape index (κ1) is 16.4. The predicted molar refractivity (Wildman–Crippen MR) is 99.2 cm³/mol. The third-order valence-corrected chi connectivity index (χ3v) is 4.16. The fourth-order valence-electron chi connectivity index (χ4n) is 2.35. The van der Waals surface area contributed by atoms with E-state index in [4.69, 9.17) is 14.2 Å². The zero-order valence-electron chi connectivity index (χ0n) is 13.5. The van der Waals surface area contributed by atoms with Gasteiger partial charge in [0.25, 0.3) is 0 Å². The molecule has 0 unspecified atom stereocenters. The van der Waals surface area contributed by atoms with Gasteiger partial charge in [0.05, 0.1) is 14.2 Å². The smallest absolute Gasteiger partial charge is 0.135 e. The molecular formula is C20H17BrO3. The van der Waals surface area contributed by atoms with E-state index < -0.39 is 0 Å². The summed E-state index contributed by atoms with van der Waals surface area (Å²) in [5.41, 5.74) is 1.99. The topological polar surface area (TPSA) is 27.7 Å². The molecule has 3 aromatic rings. The maximum absolute atomic E-state index is 6.07. The van der Waals surface area contributed by atoms with E-state index in [0.29, 0.717) is 0 Å². The van der Waals surface area contributed by atoms with Gasteiger partial charge >= 0.3 is 0 Å². The lowest BCUT2D eigenvalue weighted by Crippen LogP contribution is -1.91. The highest BCUT2D eigenvalue weighted by molar-refractivity contribution is 9.10. The molecule has 0 radical (unpaired) electrons. The van der Waals surface area contributed by atoms with Crippen LogP contribution in [-0.2, 0) is 0 Å². The maximum atomic E-state index is 6.07. The largest absolute Gasteiger partial charge is 0.497 e. The molecule has 0 bridgehead atoms. The predicted octanol–water partition coefficient (Wildman–Crippen LogP) is 5.93. The molecule has 0 fully saturated rings. The van der Waals surface area contributed by atoms with E-state index in [-0.39, 0.29) is 0 Å². The van der Waals surface area contributed by atoms with E-state index in [0.717, 1.165) is 38.6 Å². The van der Waals surface area contributed by atoms with Crippen LogP contribution in [0.15, 0.2) is 71.2 Å². The first-order valence-electron chi connectivity index (χ1n) is 7.45. The molecule has 4 heteroatoms. The van der Waals surface area contributed by atoms with Crippen LogP contribution in [0.1, 0.15) is 0 Å². The molecule has 3 nitrogen and oxygen atoms in total. The van der Waals surface area contributed by atoms with Gasteiger partial charge in [-0.2, -0.15) is 0 Å². The average molecular weight is 385 g/mol. The van der Waals surface area contributed by atoms with Crippen LogP contribution in [0, 0.1) is 0 Å². The number of rotatable bonds is 5. The average Bonchev–Trinajstić information content (AvgIpc) is 2.64. The molecule has 122 valence electrons.